The lowest BCUT2D eigenvalue weighted by Gasteiger charge is -2.22. The zero-order valence-electron chi connectivity index (χ0n) is 13.6. The molecule has 0 bridgehead atoms. The maximum Gasteiger partial charge on any atom is 0.282 e. The fourth-order valence-corrected chi connectivity index (χ4v) is 2.68. The first-order valence-corrected chi connectivity index (χ1v) is 7.98. The molecule has 27 heavy (non-hydrogen) atoms. The van der Waals surface area contributed by atoms with Gasteiger partial charge in [0.05, 0.1) is 23.4 Å². The minimum Gasteiger partial charge on any atom is -0.467 e. The van der Waals surface area contributed by atoms with E-state index in [2.05, 4.69) is 0 Å². The number of halogens is 3. The van der Waals surface area contributed by atoms with Gasteiger partial charge in [0, 0.05) is 17.2 Å². The number of nitrogens with zero attached hydrogens (tertiary/aromatic N) is 2. The molecule has 0 aliphatic rings. The number of furan rings is 1. The first-order chi connectivity index (χ1) is 12.9. The number of nitro benzene ring substituents is 1. The zero-order chi connectivity index (χ0) is 19.6. The Balaban J connectivity index is 2.11. The van der Waals surface area contributed by atoms with E-state index in [1.165, 1.54) is 12.3 Å². The van der Waals surface area contributed by atoms with Gasteiger partial charge in [-0.25, -0.2) is 8.78 Å². The summed E-state index contributed by atoms with van der Waals surface area (Å²) in [6, 6.07) is 9.26. The number of carbonyl (C=O) groups excluding carboxylic acids is 1. The van der Waals surface area contributed by atoms with Crippen molar-refractivity contribution >= 4 is 28.9 Å². The highest BCUT2D eigenvalue weighted by Crippen LogP contribution is 2.29. The van der Waals surface area contributed by atoms with Gasteiger partial charge >= 0.3 is 0 Å². The highest BCUT2D eigenvalue weighted by molar-refractivity contribution is 6.31. The standard InChI is InChI=1S/C18H11ClF2N2O4/c19-11-3-5-16(23(25)26)14(8-11)18(24)22(10-13-2-1-7-27-13)17-6-4-12(20)9-15(17)21/h1-9H,10H2. The molecule has 0 saturated heterocycles. The summed E-state index contributed by atoms with van der Waals surface area (Å²) in [6.45, 7) is -0.224. The molecule has 0 aliphatic heterocycles. The SMILES string of the molecule is O=C(c1cc(Cl)ccc1[N+](=O)[O-])N(Cc1ccco1)c1ccc(F)cc1F. The van der Waals surface area contributed by atoms with Crippen molar-refractivity contribution in [1.29, 1.82) is 0 Å². The van der Waals surface area contributed by atoms with Crippen molar-refractivity contribution in [2.24, 2.45) is 0 Å². The van der Waals surface area contributed by atoms with E-state index in [0.29, 0.717) is 11.8 Å². The first-order valence-electron chi connectivity index (χ1n) is 7.60. The van der Waals surface area contributed by atoms with Crippen molar-refractivity contribution in [2.45, 2.75) is 6.54 Å². The van der Waals surface area contributed by atoms with Gasteiger partial charge < -0.3 is 4.42 Å². The second-order valence-electron chi connectivity index (χ2n) is 5.48. The molecular formula is C18H11ClF2N2O4. The number of hydrogen-bond donors (Lipinski definition) is 0. The highest BCUT2D eigenvalue weighted by atomic mass is 35.5. The van der Waals surface area contributed by atoms with E-state index in [0.717, 1.165) is 29.2 Å². The number of rotatable bonds is 5. The summed E-state index contributed by atoms with van der Waals surface area (Å²) in [4.78, 5) is 24.5. The average Bonchev–Trinajstić information content (AvgIpc) is 3.12. The largest absolute Gasteiger partial charge is 0.467 e. The number of nitro groups is 1. The predicted molar refractivity (Wildman–Crippen MR) is 93.7 cm³/mol. The van der Waals surface area contributed by atoms with Crippen molar-refractivity contribution in [3.63, 3.8) is 0 Å². The molecule has 0 aliphatic carbocycles. The first kappa shape index (κ1) is 18.5. The van der Waals surface area contributed by atoms with Crippen LogP contribution in [0.2, 0.25) is 5.02 Å². The van der Waals surface area contributed by atoms with Crippen LogP contribution in [0, 0.1) is 21.7 Å². The van der Waals surface area contributed by atoms with E-state index >= 15 is 0 Å². The van der Waals surface area contributed by atoms with E-state index in [-0.39, 0.29) is 22.8 Å². The van der Waals surface area contributed by atoms with Crippen LogP contribution in [0.1, 0.15) is 16.1 Å². The van der Waals surface area contributed by atoms with Gasteiger partial charge in [-0.3, -0.25) is 19.8 Å². The van der Waals surface area contributed by atoms with Gasteiger partial charge in [0.25, 0.3) is 11.6 Å². The molecule has 0 saturated carbocycles. The third-order valence-electron chi connectivity index (χ3n) is 3.73. The number of carbonyl (C=O) groups is 1. The molecule has 3 rings (SSSR count). The van der Waals surface area contributed by atoms with Gasteiger partial charge in [0.2, 0.25) is 0 Å². The van der Waals surface area contributed by atoms with Crippen molar-refractivity contribution in [3.8, 4) is 0 Å². The Morgan fingerprint density at radius 2 is 1.96 bits per heavy atom. The summed E-state index contributed by atoms with van der Waals surface area (Å²) >= 11 is 5.88. The van der Waals surface area contributed by atoms with Crippen LogP contribution < -0.4 is 4.90 Å². The third-order valence-corrected chi connectivity index (χ3v) is 3.96. The normalized spacial score (nSPS) is 10.6. The molecule has 6 nitrogen and oxygen atoms in total. The van der Waals surface area contributed by atoms with E-state index in [9.17, 15) is 23.7 Å². The van der Waals surface area contributed by atoms with Crippen LogP contribution in [0.3, 0.4) is 0 Å². The molecule has 0 unspecified atom stereocenters. The Morgan fingerprint density at radius 3 is 2.59 bits per heavy atom. The van der Waals surface area contributed by atoms with Gasteiger partial charge in [-0.2, -0.15) is 0 Å². The van der Waals surface area contributed by atoms with Gasteiger partial charge in [-0.1, -0.05) is 11.6 Å². The second kappa shape index (κ2) is 7.55. The Labute approximate surface area is 156 Å². The molecule has 0 radical (unpaired) electrons. The Morgan fingerprint density at radius 1 is 1.19 bits per heavy atom. The van der Waals surface area contributed by atoms with E-state index in [1.54, 1.807) is 12.1 Å². The van der Waals surface area contributed by atoms with Crippen molar-refractivity contribution in [3.05, 3.63) is 92.9 Å². The molecule has 3 aromatic rings. The second-order valence-corrected chi connectivity index (χ2v) is 5.92. The van der Waals surface area contributed by atoms with Crippen LogP contribution >= 0.6 is 11.6 Å². The summed E-state index contributed by atoms with van der Waals surface area (Å²) in [6.07, 6.45) is 1.36. The topological polar surface area (TPSA) is 76.6 Å². The zero-order valence-corrected chi connectivity index (χ0v) is 14.3. The number of amides is 1. The lowest BCUT2D eigenvalue weighted by Crippen LogP contribution is -2.31. The lowest BCUT2D eigenvalue weighted by molar-refractivity contribution is -0.385. The summed E-state index contributed by atoms with van der Waals surface area (Å²) in [5.41, 5.74) is -1.08. The highest BCUT2D eigenvalue weighted by Gasteiger charge is 2.28. The molecular weight excluding hydrogens is 382 g/mol. The lowest BCUT2D eigenvalue weighted by atomic mass is 10.1. The van der Waals surface area contributed by atoms with Crippen LogP contribution in [-0.2, 0) is 6.54 Å². The molecule has 0 N–H and O–H groups in total. The van der Waals surface area contributed by atoms with E-state index in [1.807, 2.05) is 0 Å². The van der Waals surface area contributed by atoms with Gasteiger partial charge in [-0.15, -0.1) is 0 Å². The fraction of sp³-hybridized carbons (Fsp3) is 0.0556. The number of anilines is 1. The van der Waals surface area contributed by atoms with Crippen molar-refractivity contribution in [1.82, 2.24) is 0 Å². The van der Waals surface area contributed by atoms with Crippen LogP contribution in [0.5, 0.6) is 0 Å². The van der Waals surface area contributed by atoms with Gasteiger partial charge in [-0.05, 0) is 36.4 Å². The molecule has 1 heterocycles. The molecule has 138 valence electrons. The monoisotopic (exact) mass is 392 g/mol. The minimum atomic E-state index is -1.00. The smallest absolute Gasteiger partial charge is 0.282 e. The number of benzene rings is 2. The minimum absolute atomic E-state index is 0.0986. The quantitative estimate of drug-likeness (QED) is 0.454. The van der Waals surface area contributed by atoms with Crippen molar-refractivity contribution < 1.29 is 22.9 Å². The summed E-state index contributed by atoms with van der Waals surface area (Å²) in [5, 5.41) is 11.4. The summed E-state index contributed by atoms with van der Waals surface area (Å²) in [7, 11) is 0. The van der Waals surface area contributed by atoms with E-state index in [4.69, 9.17) is 16.0 Å². The molecule has 0 atom stereocenters. The Hall–Kier alpha value is -3.26. The molecule has 9 heteroatoms. The predicted octanol–water partition coefficient (Wildman–Crippen LogP) is 4.97. The third kappa shape index (κ3) is 3.95. The van der Waals surface area contributed by atoms with Crippen LogP contribution in [0.15, 0.2) is 59.2 Å². The molecule has 0 spiro atoms. The molecule has 1 amide bonds. The van der Waals surface area contributed by atoms with Gasteiger partial charge in [0.1, 0.15) is 23.0 Å². The maximum absolute atomic E-state index is 14.3. The van der Waals surface area contributed by atoms with Crippen LogP contribution in [-0.4, -0.2) is 10.8 Å². The Kier molecular flexibility index (Phi) is 5.18. The van der Waals surface area contributed by atoms with Crippen molar-refractivity contribution in [2.75, 3.05) is 4.90 Å². The van der Waals surface area contributed by atoms with Gasteiger partial charge in [0.15, 0.2) is 0 Å². The molecule has 1 aromatic heterocycles. The summed E-state index contributed by atoms with van der Waals surface area (Å²) in [5.74, 6) is -2.40. The fourth-order valence-electron chi connectivity index (χ4n) is 2.51. The van der Waals surface area contributed by atoms with E-state index < -0.39 is 28.2 Å². The van der Waals surface area contributed by atoms with Crippen LogP contribution in [0.25, 0.3) is 0 Å². The molecule has 2 aromatic carbocycles. The molecule has 0 fully saturated rings. The summed E-state index contributed by atoms with van der Waals surface area (Å²) < 4.78 is 32.8. The number of hydrogen-bond acceptors (Lipinski definition) is 4. The van der Waals surface area contributed by atoms with Crippen LogP contribution in [0.4, 0.5) is 20.2 Å². The average molecular weight is 393 g/mol. The Bertz CT molecular complexity index is 1010. The maximum atomic E-state index is 14.3.